The van der Waals surface area contributed by atoms with Gasteiger partial charge in [-0.25, -0.2) is 8.42 Å². The first-order valence-electron chi connectivity index (χ1n) is 6.14. The maximum Gasteiger partial charge on any atom is 0.221 e. The number of hydrogen-bond acceptors (Lipinski definition) is 5. The molecular formula is C13H17N3O3S. The Bertz CT molecular complexity index is 606. The van der Waals surface area contributed by atoms with Crippen LogP contribution in [-0.2, 0) is 14.6 Å². The van der Waals surface area contributed by atoms with E-state index >= 15 is 0 Å². The molecule has 0 aromatic heterocycles. The number of benzene rings is 1. The summed E-state index contributed by atoms with van der Waals surface area (Å²) < 4.78 is 24.0. The Hall–Kier alpha value is -1.91. The Labute approximate surface area is 118 Å². The van der Waals surface area contributed by atoms with Gasteiger partial charge >= 0.3 is 0 Å². The lowest BCUT2D eigenvalue weighted by Crippen LogP contribution is -2.28. The molecule has 0 spiro atoms. The predicted molar refractivity (Wildman–Crippen MR) is 74.8 cm³/mol. The molecule has 0 saturated heterocycles. The van der Waals surface area contributed by atoms with Crippen LogP contribution < -0.4 is 10.6 Å². The summed E-state index contributed by atoms with van der Waals surface area (Å²) in [5.41, 5.74) is 0.318. The summed E-state index contributed by atoms with van der Waals surface area (Å²) in [6, 6.07) is 7.85. The number of nitrogens with zero attached hydrogens (tertiary/aromatic N) is 1. The third-order valence-corrected chi connectivity index (χ3v) is 4.39. The van der Waals surface area contributed by atoms with Gasteiger partial charge in [0.1, 0.15) is 0 Å². The molecule has 1 aromatic carbocycles. The van der Waals surface area contributed by atoms with Crippen molar-refractivity contribution in [2.75, 3.05) is 25.9 Å². The standard InChI is InChI=1S/C13H17N3O3S/c1-15-13(17)5-6-16-7-8-20(18,19)12-4-2-3-11(9-12)10-14/h2-4,9,16H,5-8H2,1H3,(H,15,17). The lowest BCUT2D eigenvalue weighted by atomic mass is 10.2. The topological polar surface area (TPSA) is 99.1 Å². The summed E-state index contributed by atoms with van der Waals surface area (Å²) in [5, 5.41) is 14.1. The van der Waals surface area contributed by atoms with E-state index in [0.717, 1.165) is 0 Å². The first-order chi connectivity index (χ1) is 9.49. The highest BCUT2D eigenvalue weighted by Crippen LogP contribution is 2.12. The van der Waals surface area contributed by atoms with E-state index in [4.69, 9.17) is 5.26 Å². The summed E-state index contributed by atoms with van der Waals surface area (Å²) in [5.74, 6) is -0.169. The molecule has 108 valence electrons. The largest absolute Gasteiger partial charge is 0.359 e. The highest BCUT2D eigenvalue weighted by molar-refractivity contribution is 7.91. The van der Waals surface area contributed by atoms with Gasteiger partial charge in [0.2, 0.25) is 5.91 Å². The number of hydrogen-bond donors (Lipinski definition) is 2. The number of carbonyl (C=O) groups excluding carboxylic acids is 1. The van der Waals surface area contributed by atoms with Crippen molar-refractivity contribution in [1.29, 1.82) is 5.26 Å². The molecule has 0 radical (unpaired) electrons. The van der Waals surface area contributed by atoms with E-state index in [9.17, 15) is 13.2 Å². The van der Waals surface area contributed by atoms with E-state index < -0.39 is 9.84 Å². The first kappa shape index (κ1) is 16.1. The van der Waals surface area contributed by atoms with Crippen molar-refractivity contribution in [2.24, 2.45) is 0 Å². The van der Waals surface area contributed by atoms with Crippen molar-refractivity contribution < 1.29 is 13.2 Å². The molecule has 1 rings (SSSR count). The van der Waals surface area contributed by atoms with Crippen molar-refractivity contribution >= 4 is 15.7 Å². The normalized spacial score (nSPS) is 10.8. The Balaban J connectivity index is 2.50. The van der Waals surface area contributed by atoms with E-state index in [1.807, 2.05) is 6.07 Å². The van der Waals surface area contributed by atoms with Gasteiger partial charge in [-0.15, -0.1) is 0 Å². The molecule has 20 heavy (non-hydrogen) atoms. The van der Waals surface area contributed by atoms with E-state index in [1.54, 1.807) is 19.2 Å². The van der Waals surface area contributed by atoms with Crippen molar-refractivity contribution in [3.63, 3.8) is 0 Å². The zero-order chi connectivity index (χ0) is 15.0. The average Bonchev–Trinajstić information content (AvgIpc) is 2.46. The molecule has 0 saturated carbocycles. The van der Waals surface area contributed by atoms with Gasteiger partial charge in [-0.2, -0.15) is 5.26 Å². The molecule has 6 nitrogen and oxygen atoms in total. The number of amides is 1. The summed E-state index contributed by atoms with van der Waals surface area (Å²) in [7, 11) is -1.86. The monoisotopic (exact) mass is 295 g/mol. The van der Waals surface area contributed by atoms with Crippen LogP contribution in [0.5, 0.6) is 0 Å². The van der Waals surface area contributed by atoms with Gasteiger partial charge in [-0.3, -0.25) is 4.79 Å². The zero-order valence-corrected chi connectivity index (χ0v) is 12.0. The second kappa shape index (κ2) is 7.62. The number of nitriles is 1. The van der Waals surface area contributed by atoms with Crippen LogP contribution in [0, 0.1) is 11.3 Å². The van der Waals surface area contributed by atoms with Crippen LogP contribution in [0.15, 0.2) is 29.2 Å². The molecule has 0 aliphatic heterocycles. The number of sulfone groups is 1. The molecular weight excluding hydrogens is 278 g/mol. The molecule has 0 aliphatic carbocycles. The van der Waals surface area contributed by atoms with Gasteiger partial charge in [-0.05, 0) is 18.2 Å². The van der Waals surface area contributed by atoms with Gasteiger partial charge in [0.15, 0.2) is 9.84 Å². The van der Waals surface area contributed by atoms with Gasteiger partial charge in [-0.1, -0.05) is 6.07 Å². The third-order valence-electron chi connectivity index (χ3n) is 2.68. The molecule has 0 bridgehead atoms. The summed E-state index contributed by atoms with van der Waals surface area (Å²) in [4.78, 5) is 11.1. The van der Waals surface area contributed by atoms with E-state index in [-0.39, 0.29) is 23.1 Å². The van der Waals surface area contributed by atoms with Crippen LogP contribution in [-0.4, -0.2) is 40.2 Å². The fraction of sp³-hybridized carbons (Fsp3) is 0.385. The van der Waals surface area contributed by atoms with Gasteiger partial charge in [0.05, 0.1) is 22.3 Å². The minimum atomic E-state index is -3.41. The third kappa shape index (κ3) is 4.99. The van der Waals surface area contributed by atoms with Crippen LogP contribution in [0.1, 0.15) is 12.0 Å². The molecule has 0 heterocycles. The maximum atomic E-state index is 12.0. The van der Waals surface area contributed by atoms with E-state index in [0.29, 0.717) is 18.5 Å². The average molecular weight is 295 g/mol. The van der Waals surface area contributed by atoms with Crippen LogP contribution in [0.25, 0.3) is 0 Å². The highest BCUT2D eigenvalue weighted by Gasteiger charge is 2.14. The molecule has 1 aromatic rings. The van der Waals surface area contributed by atoms with Crippen molar-refractivity contribution in [2.45, 2.75) is 11.3 Å². The number of nitrogens with one attached hydrogen (secondary N) is 2. The maximum absolute atomic E-state index is 12.0. The Morgan fingerprint density at radius 3 is 2.75 bits per heavy atom. The van der Waals surface area contributed by atoms with Crippen LogP contribution in [0.3, 0.4) is 0 Å². The van der Waals surface area contributed by atoms with Crippen molar-refractivity contribution in [1.82, 2.24) is 10.6 Å². The molecule has 1 amide bonds. The van der Waals surface area contributed by atoms with Crippen LogP contribution in [0.4, 0.5) is 0 Å². The number of carbonyl (C=O) groups is 1. The molecule has 2 N–H and O–H groups in total. The lowest BCUT2D eigenvalue weighted by molar-refractivity contribution is -0.120. The van der Waals surface area contributed by atoms with Gasteiger partial charge < -0.3 is 10.6 Å². The van der Waals surface area contributed by atoms with Crippen LogP contribution in [0.2, 0.25) is 0 Å². The Morgan fingerprint density at radius 2 is 2.10 bits per heavy atom. The minimum absolute atomic E-state index is 0.0738. The van der Waals surface area contributed by atoms with Crippen molar-refractivity contribution in [3.8, 4) is 6.07 Å². The van der Waals surface area contributed by atoms with Crippen LogP contribution >= 0.6 is 0 Å². The molecule has 0 unspecified atom stereocenters. The smallest absolute Gasteiger partial charge is 0.221 e. The predicted octanol–water partition coefficient (Wildman–Crippen LogP) is 0.0577. The number of rotatable bonds is 7. The molecule has 0 aliphatic rings. The van der Waals surface area contributed by atoms with E-state index in [1.165, 1.54) is 12.1 Å². The second-order valence-electron chi connectivity index (χ2n) is 4.13. The molecule has 0 fully saturated rings. The summed E-state index contributed by atoms with van der Waals surface area (Å²) >= 11 is 0. The highest BCUT2D eigenvalue weighted by atomic mass is 32.2. The Kier molecular flexibility index (Phi) is 6.15. The quantitative estimate of drug-likeness (QED) is 0.693. The minimum Gasteiger partial charge on any atom is -0.359 e. The fourth-order valence-electron chi connectivity index (χ4n) is 1.54. The van der Waals surface area contributed by atoms with Gasteiger partial charge in [0, 0.05) is 26.6 Å². The van der Waals surface area contributed by atoms with Gasteiger partial charge in [0.25, 0.3) is 0 Å². The Morgan fingerprint density at radius 1 is 1.35 bits per heavy atom. The van der Waals surface area contributed by atoms with Crippen molar-refractivity contribution in [3.05, 3.63) is 29.8 Å². The first-order valence-corrected chi connectivity index (χ1v) is 7.79. The fourth-order valence-corrected chi connectivity index (χ4v) is 2.78. The SMILES string of the molecule is CNC(=O)CCNCCS(=O)(=O)c1cccc(C#N)c1. The summed E-state index contributed by atoms with van der Waals surface area (Å²) in [6.45, 7) is 0.684. The lowest BCUT2D eigenvalue weighted by Gasteiger charge is -2.06. The zero-order valence-electron chi connectivity index (χ0n) is 11.2. The van der Waals surface area contributed by atoms with E-state index in [2.05, 4.69) is 10.6 Å². The molecule has 0 atom stereocenters. The molecule has 7 heteroatoms. The summed E-state index contributed by atoms with van der Waals surface area (Å²) in [6.07, 6.45) is 0.306. The second-order valence-corrected chi connectivity index (χ2v) is 6.24.